The molecule has 2 aromatic carbocycles. The maximum Gasteiger partial charge on any atom is 0.573 e. The van der Waals surface area contributed by atoms with Crippen molar-refractivity contribution in [2.45, 2.75) is 6.36 Å². The van der Waals surface area contributed by atoms with Crippen molar-refractivity contribution in [3.63, 3.8) is 0 Å². The summed E-state index contributed by atoms with van der Waals surface area (Å²) in [5.41, 5.74) is -0.800. The van der Waals surface area contributed by atoms with E-state index in [0.29, 0.717) is 5.39 Å². The van der Waals surface area contributed by atoms with E-state index in [-0.39, 0.29) is 22.5 Å². The van der Waals surface area contributed by atoms with Crippen LogP contribution < -0.4 is 10.4 Å². The molecule has 0 aliphatic carbocycles. The predicted molar refractivity (Wildman–Crippen MR) is 76.3 cm³/mol. The Hall–Kier alpha value is -2.96. The van der Waals surface area contributed by atoms with Crippen molar-refractivity contribution in [1.29, 1.82) is 0 Å². The number of rotatable bonds is 2. The third-order valence-electron chi connectivity index (χ3n) is 3.12. The lowest BCUT2D eigenvalue weighted by Crippen LogP contribution is -2.18. The fourth-order valence-corrected chi connectivity index (χ4v) is 2.19. The van der Waals surface area contributed by atoms with Gasteiger partial charge in [-0.15, -0.1) is 13.2 Å². The Morgan fingerprint density at radius 2 is 1.74 bits per heavy atom. The van der Waals surface area contributed by atoms with E-state index in [1.54, 1.807) is 0 Å². The number of alkyl halides is 3. The highest BCUT2D eigenvalue weighted by Crippen LogP contribution is 2.33. The van der Waals surface area contributed by atoms with E-state index in [9.17, 15) is 23.1 Å². The molecule has 0 unspecified atom stereocenters. The maximum atomic E-state index is 12.5. The van der Waals surface area contributed by atoms with Gasteiger partial charge in [0.1, 0.15) is 17.1 Å². The highest BCUT2D eigenvalue weighted by Gasteiger charge is 2.32. The molecule has 0 amide bonds. The number of hydrogen-bond acceptors (Lipinski definition) is 4. The van der Waals surface area contributed by atoms with Gasteiger partial charge in [-0.1, -0.05) is 18.2 Å². The van der Waals surface area contributed by atoms with E-state index in [1.807, 2.05) is 0 Å². The van der Waals surface area contributed by atoms with Crippen LogP contribution in [0.3, 0.4) is 0 Å². The number of fused-ring (bicyclic) bond motifs is 1. The molecule has 1 aromatic heterocycles. The summed E-state index contributed by atoms with van der Waals surface area (Å²) >= 11 is 0. The van der Waals surface area contributed by atoms with Crippen molar-refractivity contribution in [2.75, 3.05) is 0 Å². The molecular weight excluding hydrogens is 313 g/mol. The number of aromatic hydroxyl groups is 1. The lowest BCUT2D eigenvalue weighted by molar-refractivity contribution is -0.274. The number of ether oxygens (including phenoxy) is 1. The molecule has 0 spiro atoms. The Morgan fingerprint density at radius 3 is 2.48 bits per heavy atom. The number of para-hydroxylation sites is 1. The fourth-order valence-electron chi connectivity index (χ4n) is 2.19. The minimum Gasteiger partial charge on any atom is -0.508 e. The summed E-state index contributed by atoms with van der Waals surface area (Å²) < 4.78 is 46.5. The molecule has 0 saturated heterocycles. The molecule has 0 fully saturated rings. The van der Waals surface area contributed by atoms with E-state index in [4.69, 9.17) is 4.42 Å². The van der Waals surface area contributed by atoms with Crippen molar-refractivity contribution in [1.82, 2.24) is 0 Å². The monoisotopic (exact) mass is 322 g/mol. The second-order valence-corrected chi connectivity index (χ2v) is 4.71. The molecule has 1 N–H and O–H groups in total. The lowest BCUT2D eigenvalue weighted by Gasteiger charge is -2.12. The number of phenolic OH excluding ortho intramolecular Hbond substituents is 1. The van der Waals surface area contributed by atoms with Crippen molar-refractivity contribution >= 4 is 11.0 Å². The molecule has 0 saturated carbocycles. The Balaban J connectivity index is 2.19. The van der Waals surface area contributed by atoms with Gasteiger partial charge >= 0.3 is 12.0 Å². The van der Waals surface area contributed by atoms with Crippen LogP contribution in [0.5, 0.6) is 11.5 Å². The first-order valence-electron chi connectivity index (χ1n) is 6.45. The van der Waals surface area contributed by atoms with Crippen LogP contribution in [0.15, 0.2) is 57.7 Å². The Kier molecular flexibility index (Phi) is 3.48. The van der Waals surface area contributed by atoms with Crippen LogP contribution in [0.2, 0.25) is 0 Å². The molecule has 0 aliphatic rings. The number of halogens is 3. The number of hydrogen-bond donors (Lipinski definition) is 1. The quantitative estimate of drug-likeness (QED) is 0.723. The van der Waals surface area contributed by atoms with Crippen LogP contribution in [-0.2, 0) is 0 Å². The smallest absolute Gasteiger partial charge is 0.508 e. The lowest BCUT2D eigenvalue weighted by atomic mass is 10.0. The van der Waals surface area contributed by atoms with Crippen LogP contribution in [-0.4, -0.2) is 11.5 Å². The van der Waals surface area contributed by atoms with Gasteiger partial charge in [-0.25, -0.2) is 4.79 Å². The Labute approximate surface area is 127 Å². The molecule has 0 atom stereocenters. The molecule has 118 valence electrons. The summed E-state index contributed by atoms with van der Waals surface area (Å²) in [6.45, 7) is 0. The molecule has 0 bridgehead atoms. The Bertz CT molecular complexity index is 928. The first-order valence-corrected chi connectivity index (χ1v) is 6.45. The van der Waals surface area contributed by atoms with Crippen LogP contribution in [0.4, 0.5) is 13.2 Å². The fraction of sp³-hybridized carbons (Fsp3) is 0.0625. The molecule has 7 heteroatoms. The molecule has 0 aliphatic heterocycles. The van der Waals surface area contributed by atoms with Crippen molar-refractivity contribution < 1.29 is 27.4 Å². The first kappa shape index (κ1) is 15.0. The molecular formula is C16H9F3O4. The topological polar surface area (TPSA) is 59.7 Å². The minimum atomic E-state index is -4.88. The van der Waals surface area contributed by atoms with E-state index in [2.05, 4.69) is 4.74 Å². The maximum absolute atomic E-state index is 12.5. The predicted octanol–water partition coefficient (Wildman–Crippen LogP) is 4.06. The van der Waals surface area contributed by atoms with Crippen LogP contribution in [0, 0.1) is 0 Å². The van der Waals surface area contributed by atoms with Crippen molar-refractivity contribution in [3.05, 3.63) is 59.0 Å². The second kappa shape index (κ2) is 5.35. The van der Waals surface area contributed by atoms with Gasteiger partial charge in [0.2, 0.25) is 0 Å². The average Bonchev–Trinajstić information content (AvgIpc) is 2.45. The summed E-state index contributed by atoms with van der Waals surface area (Å²) in [5.74, 6) is -0.584. The number of benzene rings is 2. The van der Waals surface area contributed by atoms with Gasteiger partial charge in [0.25, 0.3) is 0 Å². The molecule has 23 heavy (non-hydrogen) atoms. The summed E-state index contributed by atoms with van der Waals surface area (Å²) in [6, 6.07) is 10.8. The van der Waals surface area contributed by atoms with Crippen LogP contribution in [0.1, 0.15) is 0 Å². The van der Waals surface area contributed by atoms with Crippen LogP contribution >= 0.6 is 0 Å². The summed E-state index contributed by atoms with van der Waals surface area (Å²) in [7, 11) is 0. The van der Waals surface area contributed by atoms with Gasteiger partial charge in [-0.3, -0.25) is 0 Å². The second-order valence-electron chi connectivity index (χ2n) is 4.71. The van der Waals surface area contributed by atoms with Crippen LogP contribution in [0.25, 0.3) is 22.1 Å². The average molecular weight is 322 g/mol. The van der Waals surface area contributed by atoms with Gasteiger partial charge in [-0.2, -0.15) is 0 Å². The summed E-state index contributed by atoms with van der Waals surface area (Å²) in [4.78, 5) is 12.1. The molecule has 3 rings (SSSR count). The van der Waals surface area contributed by atoms with Crippen molar-refractivity contribution in [3.8, 4) is 22.6 Å². The van der Waals surface area contributed by atoms with Gasteiger partial charge in [0.05, 0.1) is 5.56 Å². The van der Waals surface area contributed by atoms with Gasteiger partial charge in [-0.05, 0) is 24.3 Å². The van der Waals surface area contributed by atoms with Gasteiger partial charge in [0, 0.05) is 17.0 Å². The number of phenols is 1. The molecule has 3 aromatic rings. The largest absolute Gasteiger partial charge is 0.573 e. The van der Waals surface area contributed by atoms with Crippen molar-refractivity contribution in [2.24, 2.45) is 0 Å². The van der Waals surface area contributed by atoms with Gasteiger partial charge in [0.15, 0.2) is 0 Å². The SMILES string of the molecule is O=c1oc2cc(O)ccc2cc1-c1ccccc1OC(F)(F)F. The molecule has 1 heterocycles. The molecule has 4 nitrogen and oxygen atoms in total. The minimum absolute atomic E-state index is 0.0337. The third kappa shape index (κ3) is 3.13. The highest BCUT2D eigenvalue weighted by atomic mass is 19.4. The zero-order valence-electron chi connectivity index (χ0n) is 11.4. The van der Waals surface area contributed by atoms with E-state index >= 15 is 0 Å². The zero-order valence-corrected chi connectivity index (χ0v) is 11.4. The Morgan fingerprint density at radius 1 is 1.00 bits per heavy atom. The molecule has 0 radical (unpaired) electrons. The third-order valence-corrected chi connectivity index (χ3v) is 3.12. The summed E-state index contributed by atoms with van der Waals surface area (Å²) in [6.07, 6.45) is -4.88. The van der Waals surface area contributed by atoms with E-state index in [1.165, 1.54) is 42.5 Å². The summed E-state index contributed by atoms with van der Waals surface area (Å²) in [5, 5.41) is 9.83. The first-order chi connectivity index (χ1) is 10.8. The van der Waals surface area contributed by atoms with E-state index in [0.717, 1.165) is 6.07 Å². The van der Waals surface area contributed by atoms with Gasteiger partial charge < -0.3 is 14.3 Å². The standard InChI is InChI=1S/C16H9F3O4/c17-16(18,19)23-13-4-2-1-3-11(13)12-7-9-5-6-10(20)8-14(9)22-15(12)21/h1-8,20H. The zero-order chi connectivity index (χ0) is 16.6. The normalized spacial score (nSPS) is 11.6. The van der Waals surface area contributed by atoms with E-state index < -0.39 is 17.7 Å². The highest BCUT2D eigenvalue weighted by molar-refractivity contribution is 5.83.